The van der Waals surface area contributed by atoms with Crippen molar-refractivity contribution < 1.29 is 14.5 Å². The summed E-state index contributed by atoms with van der Waals surface area (Å²) in [7, 11) is 0. The van der Waals surface area contributed by atoms with Crippen LogP contribution in [0.25, 0.3) is 16.5 Å². The fraction of sp³-hybridized carbons (Fsp3) is 0.394. The molecule has 4 heteroatoms. The second-order valence-corrected chi connectivity index (χ2v) is 11.9. The Hall–Kier alpha value is -3.40. The van der Waals surface area contributed by atoms with Crippen LogP contribution in [0, 0.1) is 11.8 Å². The fourth-order valence-corrected chi connectivity index (χ4v) is 5.68. The van der Waals surface area contributed by atoms with Gasteiger partial charge in [0.15, 0.2) is 11.5 Å². The van der Waals surface area contributed by atoms with E-state index in [-0.39, 0.29) is 17.0 Å². The number of fused-ring (bicyclic) bond motifs is 2. The fourth-order valence-electron chi connectivity index (χ4n) is 5.68. The van der Waals surface area contributed by atoms with E-state index < -0.39 is 0 Å². The van der Waals surface area contributed by atoms with Gasteiger partial charge in [-0.3, -0.25) is 4.79 Å². The van der Waals surface area contributed by atoms with Gasteiger partial charge in [0.2, 0.25) is 5.69 Å². The Morgan fingerprint density at radius 3 is 2.35 bits per heavy atom. The van der Waals surface area contributed by atoms with Crippen LogP contribution in [0.15, 0.2) is 72.1 Å². The van der Waals surface area contributed by atoms with E-state index >= 15 is 0 Å². The lowest BCUT2D eigenvalue weighted by atomic mass is 9.77. The third-order valence-electron chi connectivity index (χ3n) is 7.96. The van der Waals surface area contributed by atoms with Gasteiger partial charge in [-0.25, -0.2) is 0 Å². The summed E-state index contributed by atoms with van der Waals surface area (Å²) < 4.78 is 4.51. The SMILES string of the molecule is CC(C)CCn1cc(C2=C([O-])/C(=C\C3=[N+](CCC(C)C)c4ccccc4C3(C)C)C2=O)c2ccccc21. The first-order chi connectivity index (χ1) is 17.6. The minimum atomic E-state index is -0.288. The molecule has 0 saturated carbocycles. The van der Waals surface area contributed by atoms with Gasteiger partial charge in [0.1, 0.15) is 6.54 Å². The van der Waals surface area contributed by atoms with Crippen molar-refractivity contribution in [2.24, 2.45) is 11.8 Å². The molecule has 37 heavy (non-hydrogen) atoms. The number of benzene rings is 2. The third-order valence-corrected chi connectivity index (χ3v) is 7.96. The molecule has 4 nitrogen and oxygen atoms in total. The largest absolute Gasteiger partial charge is 0.871 e. The Labute approximate surface area is 220 Å². The summed E-state index contributed by atoms with van der Waals surface area (Å²) >= 11 is 0. The van der Waals surface area contributed by atoms with Crippen LogP contribution in [0.5, 0.6) is 0 Å². The Kier molecular flexibility index (Phi) is 6.47. The molecule has 0 radical (unpaired) electrons. The Bertz CT molecular complexity index is 1480. The molecule has 2 aromatic carbocycles. The van der Waals surface area contributed by atoms with Gasteiger partial charge in [-0.2, -0.15) is 4.58 Å². The monoisotopic (exact) mass is 494 g/mol. The molecule has 1 aromatic heterocycles. The number of aryl methyl sites for hydroxylation is 1. The number of hydrogen-bond acceptors (Lipinski definition) is 2. The average molecular weight is 495 g/mol. The second kappa shape index (κ2) is 9.48. The zero-order valence-electron chi connectivity index (χ0n) is 23.0. The number of Topliss-reactive ketones (excluding diaryl/α,β-unsaturated/α-hetero) is 1. The maximum absolute atomic E-state index is 13.6. The number of allylic oxidation sites excluding steroid dienone is 3. The molecule has 0 saturated heterocycles. The summed E-state index contributed by atoms with van der Waals surface area (Å²) in [6.07, 6.45) is 5.96. The van der Waals surface area contributed by atoms with Crippen molar-refractivity contribution in [3.63, 3.8) is 0 Å². The van der Waals surface area contributed by atoms with Gasteiger partial charge in [0.05, 0.1) is 5.41 Å². The van der Waals surface area contributed by atoms with E-state index in [1.165, 1.54) is 11.3 Å². The number of carbonyl (C=O) groups is 1. The molecule has 2 aliphatic rings. The molecule has 0 spiro atoms. The zero-order valence-corrected chi connectivity index (χ0v) is 23.0. The molecule has 0 fully saturated rings. The number of para-hydroxylation sites is 2. The van der Waals surface area contributed by atoms with Gasteiger partial charge in [-0.15, -0.1) is 0 Å². The minimum Gasteiger partial charge on any atom is -0.871 e. The third kappa shape index (κ3) is 4.27. The zero-order chi connectivity index (χ0) is 26.5. The smallest absolute Gasteiger partial charge is 0.209 e. The van der Waals surface area contributed by atoms with Gasteiger partial charge in [-0.05, 0) is 38.2 Å². The van der Waals surface area contributed by atoms with E-state index in [4.69, 9.17) is 0 Å². The van der Waals surface area contributed by atoms with E-state index in [1.807, 2.05) is 30.5 Å². The van der Waals surface area contributed by atoms with Crippen LogP contribution in [-0.2, 0) is 16.8 Å². The number of ketones is 1. The highest BCUT2D eigenvalue weighted by atomic mass is 16.3. The van der Waals surface area contributed by atoms with Crippen molar-refractivity contribution in [1.82, 2.24) is 4.57 Å². The van der Waals surface area contributed by atoms with Crippen LogP contribution in [-0.4, -0.2) is 27.2 Å². The molecule has 1 aliphatic carbocycles. The maximum atomic E-state index is 13.6. The molecular formula is C33H38N2O2. The summed E-state index contributed by atoms with van der Waals surface area (Å²) in [5.74, 6) is 0.859. The lowest BCUT2D eigenvalue weighted by molar-refractivity contribution is -0.439. The molecule has 1 aliphatic heterocycles. The van der Waals surface area contributed by atoms with Crippen molar-refractivity contribution in [2.45, 2.75) is 66.3 Å². The van der Waals surface area contributed by atoms with Crippen molar-refractivity contribution >= 4 is 33.7 Å². The van der Waals surface area contributed by atoms with Crippen LogP contribution >= 0.6 is 0 Å². The lowest BCUT2D eigenvalue weighted by Crippen LogP contribution is -2.33. The van der Waals surface area contributed by atoms with Gasteiger partial charge >= 0.3 is 0 Å². The van der Waals surface area contributed by atoms with Crippen molar-refractivity contribution in [1.29, 1.82) is 0 Å². The van der Waals surface area contributed by atoms with Gasteiger partial charge in [0.25, 0.3) is 0 Å². The summed E-state index contributed by atoms with van der Waals surface area (Å²) in [6.45, 7) is 15.0. The first kappa shape index (κ1) is 25.3. The van der Waals surface area contributed by atoms with Crippen molar-refractivity contribution in [3.8, 4) is 0 Å². The van der Waals surface area contributed by atoms with Gasteiger partial charge in [-0.1, -0.05) is 69.9 Å². The number of aromatic nitrogens is 1. The van der Waals surface area contributed by atoms with Crippen LogP contribution in [0.2, 0.25) is 0 Å². The Morgan fingerprint density at radius 2 is 1.65 bits per heavy atom. The highest BCUT2D eigenvalue weighted by Crippen LogP contribution is 2.43. The quantitative estimate of drug-likeness (QED) is 0.269. The molecule has 3 aromatic rings. The van der Waals surface area contributed by atoms with E-state index in [2.05, 4.69) is 81.0 Å². The minimum absolute atomic E-state index is 0.139. The molecule has 192 valence electrons. The predicted octanol–water partition coefficient (Wildman–Crippen LogP) is 6.39. The second-order valence-electron chi connectivity index (χ2n) is 11.9. The maximum Gasteiger partial charge on any atom is 0.209 e. The summed E-state index contributed by atoms with van der Waals surface area (Å²) in [6, 6.07) is 16.5. The van der Waals surface area contributed by atoms with E-state index in [0.29, 0.717) is 23.0 Å². The Morgan fingerprint density at radius 1 is 0.973 bits per heavy atom. The normalized spacial score (nSPS) is 18.1. The number of nitrogens with zero attached hydrogens (tertiary/aromatic N) is 2. The number of hydrogen-bond donors (Lipinski definition) is 0. The van der Waals surface area contributed by atoms with Gasteiger partial charge in [0, 0.05) is 64.5 Å². The van der Waals surface area contributed by atoms with Crippen LogP contribution in [0.4, 0.5) is 5.69 Å². The molecule has 0 unspecified atom stereocenters. The molecule has 2 heterocycles. The molecular weight excluding hydrogens is 456 g/mol. The Balaban J connectivity index is 1.59. The average Bonchev–Trinajstić information content (AvgIpc) is 3.32. The molecule has 0 amide bonds. The predicted molar refractivity (Wildman–Crippen MR) is 150 cm³/mol. The van der Waals surface area contributed by atoms with Crippen LogP contribution in [0.1, 0.15) is 65.5 Å². The molecule has 5 rings (SSSR count). The number of carbonyl (C=O) groups excluding carboxylic acids is 1. The molecule has 0 atom stereocenters. The topological polar surface area (TPSA) is 48.1 Å². The molecule has 0 bridgehead atoms. The first-order valence-corrected chi connectivity index (χ1v) is 13.6. The van der Waals surface area contributed by atoms with Crippen molar-refractivity contribution in [2.75, 3.05) is 6.54 Å². The van der Waals surface area contributed by atoms with E-state index in [1.54, 1.807) is 0 Å². The lowest BCUT2D eigenvalue weighted by Gasteiger charge is -2.30. The summed E-state index contributed by atoms with van der Waals surface area (Å²) in [5.41, 5.74) is 5.63. The van der Waals surface area contributed by atoms with Crippen molar-refractivity contribution in [3.05, 3.63) is 83.3 Å². The summed E-state index contributed by atoms with van der Waals surface area (Å²) in [5, 5.41) is 14.5. The van der Waals surface area contributed by atoms with E-state index in [0.717, 1.165) is 48.1 Å². The highest BCUT2D eigenvalue weighted by Gasteiger charge is 2.45. The highest BCUT2D eigenvalue weighted by molar-refractivity contribution is 6.41. The van der Waals surface area contributed by atoms with Crippen LogP contribution in [0.3, 0.4) is 0 Å². The van der Waals surface area contributed by atoms with Crippen LogP contribution < -0.4 is 5.11 Å². The standard InChI is InChI=1S/C33H38N2O2/c1-21(2)15-17-34-20-25(23-11-7-9-13-27(23)34)30-31(36)24(32(30)37)19-29-33(5,6)26-12-8-10-14-28(26)35(29)18-16-22(3)4/h7-14,19-22H,15-18H2,1-6H3. The van der Waals surface area contributed by atoms with E-state index in [9.17, 15) is 9.90 Å². The first-order valence-electron chi connectivity index (χ1n) is 13.6. The number of rotatable bonds is 8. The summed E-state index contributed by atoms with van der Waals surface area (Å²) in [4.78, 5) is 13.6. The molecule has 0 N–H and O–H groups in total. The van der Waals surface area contributed by atoms with Gasteiger partial charge < -0.3 is 9.67 Å².